The molecule has 0 radical (unpaired) electrons. The second kappa shape index (κ2) is 4.70. The van der Waals surface area contributed by atoms with Crippen LogP contribution >= 0.6 is 11.3 Å². The van der Waals surface area contributed by atoms with E-state index in [1.54, 1.807) is 20.8 Å². The highest BCUT2D eigenvalue weighted by Crippen LogP contribution is 2.25. The van der Waals surface area contributed by atoms with Gasteiger partial charge in [0.2, 0.25) is 0 Å². The monoisotopic (exact) mass is 258 g/mol. The van der Waals surface area contributed by atoms with Crippen molar-refractivity contribution >= 4 is 28.4 Å². The Bertz CT molecular complexity index is 436. The van der Waals surface area contributed by atoms with E-state index < -0.39 is 17.7 Å². The number of carboxylic acid groups (broad SMARTS) is 1. The fourth-order valence-electron chi connectivity index (χ4n) is 1.04. The second-order valence-corrected chi connectivity index (χ2v) is 5.18. The minimum Gasteiger partial charge on any atom is -0.476 e. The van der Waals surface area contributed by atoms with Gasteiger partial charge in [0.25, 0.3) is 0 Å². The molecule has 1 N–H and O–H groups in total. The van der Waals surface area contributed by atoms with Gasteiger partial charge in [-0.2, -0.15) is 0 Å². The predicted molar refractivity (Wildman–Crippen MR) is 63.7 cm³/mol. The quantitative estimate of drug-likeness (QED) is 0.879. The van der Waals surface area contributed by atoms with Crippen molar-refractivity contribution in [3.05, 3.63) is 11.2 Å². The Morgan fingerprint density at radius 2 is 2.06 bits per heavy atom. The van der Waals surface area contributed by atoms with Crippen LogP contribution in [0.1, 0.15) is 31.3 Å². The highest BCUT2D eigenvalue weighted by molar-refractivity contribution is 7.14. The van der Waals surface area contributed by atoms with Gasteiger partial charge in [-0.25, -0.2) is 14.6 Å². The molecule has 17 heavy (non-hydrogen) atoms. The zero-order chi connectivity index (χ0) is 13.2. The van der Waals surface area contributed by atoms with Crippen molar-refractivity contribution in [3.63, 3.8) is 0 Å². The molecule has 0 spiro atoms. The van der Waals surface area contributed by atoms with Gasteiger partial charge in [-0.05, 0) is 20.8 Å². The van der Waals surface area contributed by atoms with E-state index in [0.717, 1.165) is 16.2 Å². The van der Waals surface area contributed by atoms with Crippen molar-refractivity contribution in [2.24, 2.45) is 0 Å². The number of nitrogens with zero attached hydrogens (tertiary/aromatic N) is 2. The first kappa shape index (κ1) is 13.4. The number of rotatable bonds is 2. The molecule has 0 bridgehead atoms. The van der Waals surface area contributed by atoms with E-state index in [-0.39, 0.29) is 10.7 Å². The molecule has 0 aliphatic rings. The number of aromatic carboxylic acids is 1. The molecule has 0 aromatic carbocycles. The number of hydrogen-bond acceptors (Lipinski definition) is 5. The summed E-state index contributed by atoms with van der Waals surface area (Å²) >= 11 is 1.07. The maximum Gasteiger partial charge on any atom is 0.415 e. The van der Waals surface area contributed by atoms with Gasteiger partial charge in [-0.15, -0.1) is 11.3 Å². The van der Waals surface area contributed by atoms with Gasteiger partial charge in [0.1, 0.15) is 10.6 Å². The lowest BCUT2D eigenvalue weighted by Crippen LogP contribution is -2.34. The van der Waals surface area contributed by atoms with Crippen molar-refractivity contribution in [1.29, 1.82) is 0 Å². The van der Waals surface area contributed by atoms with E-state index in [2.05, 4.69) is 4.98 Å². The summed E-state index contributed by atoms with van der Waals surface area (Å²) in [4.78, 5) is 27.4. The Morgan fingerprint density at radius 1 is 1.47 bits per heavy atom. The fraction of sp³-hybridized carbons (Fsp3) is 0.500. The van der Waals surface area contributed by atoms with E-state index in [1.165, 1.54) is 12.6 Å². The van der Waals surface area contributed by atoms with Gasteiger partial charge in [0.05, 0.1) is 5.51 Å². The third kappa shape index (κ3) is 3.42. The molecule has 0 saturated carbocycles. The Kier molecular flexibility index (Phi) is 3.72. The number of amides is 1. The van der Waals surface area contributed by atoms with Crippen molar-refractivity contribution in [1.82, 2.24) is 4.98 Å². The summed E-state index contributed by atoms with van der Waals surface area (Å²) in [5.41, 5.74) is 0.599. The lowest BCUT2D eigenvalue weighted by atomic mass is 10.2. The molecule has 1 aromatic rings. The van der Waals surface area contributed by atoms with Crippen LogP contribution in [0.5, 0.6) is 0 Å². The molecule has 0 aliphatic carbocycles. The summed E-state index contributed by atoms with van der Waals surface area (Å²) in [5, 5.41) is 9.14. The number of carbonyl (C=O) groups is 2. The van der Waals surface area contributed by atoms with Crippen LogP contribution in [0, 0.1) is 0 Å². The van der Waals surface area contributed by atoms with Crippen molar-refractivity contribution in [2.45, 2.75) is 26.4 Å². The van der Waals surface area contributed by atoms with Crippen LogP contribution in [0.15, 0.2) is 5.51 Å². The molecule has 1 heterocycles. The van der Waals surface area contributed by atoms with Gasteiger partial charge in [-0.1, -0.05) is 0 Å². The summed E-state index contributed by atoms with van der Waals surface area (Å²) in [5.74, 6) is -1.17. The van der Waals surface area contributed by atoms with E-state index in [9.17, 15) is 9.59 Å². The average molecular weight is 258 g/mol. The topological polar surface area (TPSA) is 79.7 Å². The Hall–Kier alpha value is -1.63. The van der Waals surface area contributed by atoms with Gasteiger partial charge in [0, 0.05) is 7.05 Å². The molecule has 94 valence electrons. The zero-order valence-corrected chi connectivity index (χ0v) is 10.9. The first-order chi connectivity index (χ1) is 7.72. The van der Waals surface area contributed by atoms with Crippen molar-refractivity contribution in [2.75, 3.05) is 11.9 Å². The van der Waals surface area contributed by atoms with E-state index in [1.807, 2.05) is 0 Å². The minimum absolute atomic E-state index is 0.150. The Balaban J connectivity index is 2.89. The molecule has 7 heteroatoms. The normalized spacial score (nSPS) is 11.1. The lowest BCUT2D eigenvalue weighted by molar-refractivity contribution is 0.0590. The largest absolute Gasteiger partial charge is 0.476 e. The molecule has 0 aliphatic heterocycles. The maximum absolute atomic E-state index is 11.7. The number of anilines is 1. The van der Waals surface area contributed by atoms with Gasteiger partial charge in [-0.3, -0.25) is 4.90 Å². The molecule has 0 unspecified atom stereocenters. The summed E-state index contributed by atoms with van der Waals surface area (Å²) in [6, 6.07) is 0. The average Bonchev–Trinajstić information content (AvgIpc) is 2.61. The smallest absolute Gasteiger partial charge is 0.415 e. The summed E-state index contributed by atoms with van der Waals surface area (Å²) in [6.45, 7) is 5.22. The first-order valence-electron chi connectivity index (χ1n) is 4.86. The molecule has 0 fully saturated rings. The van der Waals surface area contributed by atoms with Gasteiger partial charge >= 0.3 is 12.1 Å². The molecular weight excluding hydrogens is 244 g/mol. The highest BCUT2D eigenvalue weighted by atomic mass is 32.1. The molecule has 1 amide bonds. The van der Waals surface area contributed by atoms with Crippen LogP contribution in [-0.4, -0.2) is 34.8 Å². The van der Waals surface area contributed by atoms with Crippen LogP contribution in [0.3, 0.4) is 0 Å². The molecule has 0 saturated heterocycles. The van der Waals surface area contributed by atoms with Crippen molar-refractivity contribution in [3.8, 4) is 0 Å². The van der Waals surface area contributed by atoms with E-state index >= 15 is 0 Å². The van der Waals surface area contributed by atoms with Gasteiger partial charge < -0.3 is 9.84 Å². The predicted octanol–water partition coefficient (Wildman–Crippen LogP) is 2.21. The summed E-state index contributed by atoms with van der Waals surface area (Å²) in [6.07, 6.45) is -0.607. The number of hydrogen-bond donors (Lipinski definition) is 1. The maximum atomic E-state index is 11.7. The number of carboxylic acids is 1. The van der Waals surface area contributed by atoms with Crippen LogP contribution in [-0.2, 0) is 4.74 Å². The molecule has 0 atom stereocenters. The molecule has 1 rings (SSSR count). The van der Waals surface area contributed by atoms with Crippen LogP contribution in [0.25, 0.3) is 0 Å². The fourth-order valence-corrected chi connectivity index (χ4v) is 1.78. The van der Waals surface area contributed by atoms with E-state index in [4.69, 9.17) is 9.84 Å². The summed E-state index contributed by atoms with van der Waals surface area (Å²) < 4.78 is 5.13. The number of thiazole rings is 1. The van der Waals surface area contributed by atoms with Crippen LogP contribution < -0.4 is 4.90 Å². The second-order valence-electron chi connectivity index (χ2n) is 4.35. The SMILES string of the molecule is CN(C(=O)OC(C)(C)C)c1scnc1C(=O)O. The molecule has 1 aromatic heterocycles. The Morgan fingerprint density at radius 3 is 2.53 bits per heavy atom. The standard InChI is InChI=1S/C10H14N2O4S/c1-10(2,3)16-9(15)12(4)7-6(8(13)14)11-5-17-7/h5H,1-4H3,(H,13,14). The highest BCUT2D eigenvalue weighted by Gasteiger charge is 2.25. The van der Waals surface area contributed by atoms with E-state index in [0.29, 0.717) is 0 Å². The van der Waals surface area contributed by atoms with Crippen LogP contribution in [0.2, 0.25) is 0 Å². The summed E-state index contributed by atoms with van der Waals surface area (Å²) in [7, 11) is 1.45. The number of aromatic nitrogens is 1. The first-order valence-corrected chi connectivity index (χ1v) is 5.74. The Labute approximate surface area is 103 Å². The van der Waals surface area contributed by atoms with Crippen LogP contribution in [0.4, 0.5) is 9.80 Å². The van der Waals surface area contributed by atoms with Gasteiger partial charge in [0.15, 0.2) is 5.69 Å². The van der Waals surface area contributed by atoms with Crippen molar-refractivity contribution < 1.29 is 19.4 Å². The third-order valence-electron chi connectivity index (χ3n) is 1.72. The molecule has 6 nitrogen and oxygen atoms in total. The minimum atomic E-state index is -1.17. The third-order valence-corrected chi connectivity index (χ3v) is 2.62. The number of carbonyl (C=O) groups excluding carboxylic acids is 1. The zero-order valence-electron chi connectivity index (χ0n) is 10.1. The molecular formula is C10H14N2O4S. The number of ether oxygens (including phenoxy) is 1. The lowest BCUT2D eigenvalue weighted by Gasteiger charge is -2.23.